The Morgan fingerprint density at radius 2 is 2.32 bits per heavy atom. The van der Waals surface area contributed by atoms with Crippen LogP contribution in [0.15, 0.2) is 22.6 Å². The Labute approximate surface area is 109 Å². The molecule has 3 rings (SSSR count). The van der Waals surface area contributed by atoms with Gasteiger partial charge in [0.05, 0.1) is 18.9 Å². The van der Waals surface area contributed by atoms with Crippen molar-refractivity contribution in [1.82, 2.24) is 4.98 Å². The third-order valence-electron chi connectivity index (χ3n) is 3.14. The van der Waals surface area contributed by atoms with E-state index in [1.165, 1.54) is 0 Å². The molecule has 0 saturated carbocycles. The number of nitrogens with two attached hydrogens (primary N) is 2. The smallest absolute Gasteiger partial charge is 0.299 e. The number of aromatic nitrogens is 1. The van der Waals surface area contributed by atoms with E-state index in [0.717, 1.165) is 0 Å². The van der Waals surface area contributed by atoms with Crippen molar-refractivity contribution >= 4 is 28.7 Å². The van der Waals surface area contributed by atoms with Crippen molar-refractivity contribution in [3.63, 3.8) is 0 Å². The monoisotopic (exact) mass is 262 g/mol. The zero-order chi connectivity index (χ0) is 13.4. The minimum atomic E-state index is -0.567. The summed E-state index contributed by atoms with van der Waals surface area (Å²) in [6.45, 7) is 1.24. The number of carbonyl (C=O) groups excluding carboxylic acids is 1. The molecule has 1 saturated heterocycles. The lowest BCUT2D eigenvalue weighted by atomic mass is 10.2. The first-order valence-electron chi connectivity index (χ1n) is 5.95. The van der Waals surface area contributed by atoms with Gasteiger partial charge in [0, 0.05) is 6.54 Å². The first kappa shape index (κ1) is 11.8. The number of anilines is 2. The van der Waals surface area contributed by atoms with E-state index in [0.29, 0.717) is 36.0 Å². The summed E-state index contributed by atoms with van der Waals surface area (Å²) in [4.78, 5) is 17.5. The standard InChI is InChI=1S/C12H14N4O3/c13-7-2-1-3-9-10(7)15-12(19-9)16-4-5-18-6-8(16)11(14)17/h1-3,8H,4-6,13H2,(H2,14,17). The molecule has 7 heteroatoms. The van der Waals surface area contributed by atoms with E-state index in [4.69, 9.17) is 20.6 Å². The Kier molecular flexibility index (Phi) is 2.75. The molecule has 7 nitrogen and oxygen atoms in total. The van der Waals surface area contributed by atoms with Crippen LogP contribution >= 0.6 is 0 Å². The van der Waals surface area contributed by atoms with Crippen molar-refractivity contribution in [2.75, 3.05) is 30.4 Å². The first-order chi connectivity index (χ1) is 9.16. The van der Waals surface area contributed by atoms with Gasteiger partial charge in [0.25, 0.3) is 6.01 Å². The largest absolute Gasteiger partial charge is 0.423 e. The molecule has 4 N–H and O–H groups in total. The van der Waals surface area contributed by atoms with Crippen molar-refractivity contribution < 1.29 is 13.9 Å². The lowest BCUT2D eigenvalue weighted by Gasteiger charge is -2.31. The SMILES string of the molecule is NC(=O)C1COCCN1c1nc2c(N)cccc2o1. The van der Waals surface area contributed by atoms with Crippen LogP contribution in [0.3, 0.4) is 0 Å². The number of primary amides is 1. The fraction of sp³-hybridized carbons (Fsp3) is 0.333. The Bertz CT molecular complexity index is 624. The van der Waals surface area contributed by atoms with Crippen molar-refractivity contribution in [1.29, 1.82) is 0 Å². The van der Waals surface area contributed by atoms with Gasteiger partial charge in [-0.25, -0.2) is 0 Å². The zero-order valence-electron chi connectivity index (χ0n) is 10.2. The van der Waals surface area contributed by atoms with Crippen LogP contribution in [-0.2, 0) is 9.53 Å². The number of oxazole rings is 1. The van der Waals surface area contributed by atoms with Crippen LogP contribution in [0.2, 0.25) is 0 Å². The summed E-state index contributed by atoms with van der Waals surface area (Å²) >= 11 is 0. The maximum atomic E-state index is 11.4. The number of para-hydroxylation sites is 1. The molecule has 1 aliphatic heterocycles. The number of fused-ring (bicyclic) bond motifs is 1. The van der Waals surface area contributed by atoms with E-state index >= 15 is 0 Å². The third-order valence-corrected chi connectivity index (χ3v) is 3.14. The van der Waals surface area contributed by atoms with E-state index in [-0.39, 0.29) is 6.61 Å². The van der Waals surface area contributed by atoms with Crippen LogP contribution < -0.4 is 16.4 Å². The molecular weight excluding hydrogens is 248 g/mol. The highest BCUT2D eigenvalue weighted by Gasteiger charge is 2.31. The third kappa shape index (κ3) is 1.97. The molecule has 1 aromatic heterocycles. The fourth-order valence-electron chi connectivity index (χ4n) is 2.15. The van der Waals surface area contributed by atoms with Gasteiger partial charge in [-0.05, 0) is 12.1 Å². The molecule has 0 spiro atoms. The second-order valence-corrected chi connectivity index (χ2v) is 4.38. The number of amides is 1. The molecule has 0 aliphatic carbocycles. The summed E-state index contributed by atoms with van der Waals surface area (Å²) in [6.07, 6.45) is 0. The average Bonchev–Trinajstić information content (AvgIpc) is 2.84. The van der Waals surface area contributed by atoms with Gasteiger partial charge in [-0.2, -0.15) is 4.98 Å². The van der Waals surface area contributed by atoms with Gasteiger partial charge >= 0.3 is 0 Å². The van der Waals surface area contributed by atoms with Crippen LogP contribution in [0.25, 0.3) is 11.1 Å². The Morgan fingerprint density at radius 3 is 3.05 bits per heavy atom. The summed E-state index contributed by atoms with van der Waals surface area (Å²) in [5.74, 6) is -0.463. The maximum absolute atomic E-state index is 11.4. The van der Waals surface area contributed by atoms with Crippen LogP contribution in [0.1, 0.15) is 0 Å². The first-order valence-corrected chi connectivity index (χ1v) is 5.95. The predicted molar refractivity (Wildman–Crippen MR) is 69.6 cm³/mol. The molecule has 1 unspecified atom stereocenters. The Balaban J connectivity index is 2.02. The minimum Gasteiger partial charge on any atom is -0.423 e. The van der Waals surface area contributed by atoms with Crippen LogP contribution in [0, 0.1) is 0 Å². The fourth-order valence-corrected chi connectivity index (χ4v) is 2.15. The van der Waals surface area contributed by atoms with Gasteiger partial charge in [-0.1, -0.05) is 6.07 Å². The molecule has 1 fully saturated rings. The molecule has 2 aromatic rings. The molecule has 2 heterocycles. The topological polar surface area (TPSA) is 108 Å². The number of hydrogen-bond donors (Lipinski definition) is 2. The average molecular weight is 262 g/mol. The number of nitrogens with zero attached hydrogens (tertiary/aromatic N) is 2. The van der Waals surface area contributed by atoms with Crippen molar-refractivity contribution in [3.8, 4) is 0 Å². The second-order valence-electron chi connectivity index (χ2n) is 4.38. The normalized spacial score (nSPS) is 19.8. The molecule has 1 amide bonds. The summed E-state index contributed by atoms with van der Waals surface area (Å²) in [7, 11) is 0. The van der Waals surface area contributed by atoms with E-state index < -0.39 is 11.9 Å². The maximum Gasteiger partial charge on any atom is 0.299 e. The molecule has 100 valence electrons. The van der Waals surface area contributed by atoms with E-state index in [1.807, 2.05) is 0 Å². The number of hydrogen-bond acceptors (Lipinski definition) is 6. The molecular formula is C12H14N4O3. The number of nitrogen functional groups attached to an aromatic ring is 1. The summed E-state index contributed by atoms with van der Waals surface area (Å²) < 4.78 is 10.9. The molecule has 19 heavy (non-hydrogen) atoms. The predicted octanol–water partition coefficient (Wildman–Crippen LogP) is 0.101. The van der Waals surface area contributed by atoms with Crippen molar-refractivity contribution in [2.24, 2.45) is 5.73 Å². The molecule has 0 radical (unpaired) electrons. The molecule has 0 bridgehead atoms. The summed E-state index contributed by atoms with van der Waals surface area (Å²) in [5.41, 5.74) is 12.9. The second kappa shape index (κ2) is 4.43. The van der Waals surface area contributed by atoms with E-state index in [1.54, 1.807) is 23.1 Å². The van der Waals surface area contributed by atoms with E-state index in [2.05, 4.69) is 4.98 Å². The lowest BCUT2D eigenvalue weighted by molar-refractivity contribution is -0.121. The summed E-state index contributed by atoms with van der Waals surface area (Å²) in [6, 6.07) is 5.10. The zero-order valence-corrected chi connectivity index (χ0v) is 10.2. The van der Waals surface area contributed by atoms with Gasteiger partial charge in [0.2, 0.25) is 5.91 Å². The lowest BCUT2D eigenvalue weighted by Crippen LogP contribution is -2.52. The van der Waals surface area contributed by atoms with Gasteiger partial charge in [-0.3, -0.25) is 4.79 Å². The van der Waals surface area contributed by atoms with Crippen LogP contribution in [0.4, 0.5) is 11.7 Å². The summed E-state index contributed by atoms with van der Waals surface area (Å²) in [5, 5.41) is 0. The van der Waals surface area contributed by atoms with Crippen molar-refractivity contribution in [2.45, 2.75) is 6.04 Å². The number of ether oxygens (including phenoxy) is 1. The van der Waals surface area contributed by atoms with Gasteiger partial charge in [-0.15, -0.1) is 0 Å². The van der Waals surface area contributed by atoms with Gasteiger partial charge in [0.15, 0.2) is 5.58 Å². The van der Waals surface area contributed by atoms with E-state index in [9.17, 15) is 4.79 Å². The van der Waals surface area contributed by atoms with Crippen molar-refractivity contribution in [3.05, 3.63) is 18.2 Å². The quantitative estimate of drug-likeness (QED) is 0.743. The number of rotatable bonds is 2. The number of benzene rings is 1. The van der Waals surface area contributed by atoms with Gasteiger partial charge in [0.1, 0.15) is 11.6 Å². The molecule has 1 atom stereocenters. The highest BCUT2D eigenvalue weighted by Crippen LogP contribution is 2.27. The number of carbonyl (C=O) groups is 1. The Morgan fingerprint density at radius 1 is 1.47 bits per heavy atom. The van der Waals surface area contributed by atoms with Crippen LogP contribution in [-0.4, -0.2) is 36.7 Å². The highest BCUT2D eigenvalue weighted by molar-refractivity contribution is 5.88. The molecule has 1 aromatic carbocycles. The Hall–Kier alpha value is -2.28. The number of morpholine rings is 1. The van der Waals surface area contributed by atoms with Gasteiger partial charge < -0.3 is 25.5 Å². The van der Waals surface area contributed by atoms with Crippen LogP contribution in [0.5, 0.6) is 0 Å². The minimum absolute atomic E-state index is 0.240. The highest BCUT2D eigenvalue weighted by atomic mass is 16.5. The molecule has 1 aliphatic rings.